The molecule has 0 amide bonds. The maximum absolute atomic E-state index is 6.12. The van der Waals surface area contributed by atoms with E-state index in [4.69, 9.17) is 23.2 Å². The van der Waals surface area contributed by atoms with Gasteiger partial charge in [-0.05, 0) is 53.6 Å². The van der Waals surface area contributed by atoms with Crippen LogP contribution in [0.5, 0.6) is 0 Å². The minimum atomic E-state index is 0.615. The molecule has 3 aromatic carbocycles. The molecule has 0 aliphatic carbocycles. The zero-order chi connectivity index (χ0) is 14.8. The fourth-order valence-corrected chi connectivity index (χ4v) is 2.58. The highest BCUT2D eigenvalue weighted by molar-refractivity contribution is 6.33. The van der Waals surface area contributed by atoms with Crippen molar-refractivity contribution in [2.24, 2.45) is 0 Å². The summed E-state index contributed by atoms with van der Waals surface area (Å²) in [5.41, 5.74) is 2.96. The monoisotopic (exact) mass is 310 g/mol. The van der Waals surface area contributed by atoms with Gasteiger partial charge in [0.05, 0.1) is 5.02 Å². The van der Waals surface area contributed by atoms with E-state index in [2.05, 4.69) is 49.1 Å². The summed E-state index contributed by atoms with van der Waals surface area (Å²) in [6, 6.07) is 17.8. The number of benzene rings is 3. The summed E-state index contributed by atoms with van der Waals surface area (Å²) in [5, 5.41) is 3.70. The molecule has 21 heavy (non-hydrogen) atoms. The molecule has 0 N–H and O–H groups in total. The Hall–Kier alpha value is -1.94. The first-order valence-corrected chi connectivity index (χ1v) is 7.35. The smallest absolute Gasteiger partial charge is 0.0563 e. The van der Waals surface area contributed by atoms with Crippen LogP contribution in [0.2, 0.25) is 10.0 Å². The third kappa shape index (κ3) is 3.05. The molecule has 0 aliphatic rings. The van der Waals surface area contributed by atoms with Crippen LogP contribution >= 0.6 is 23.2 Å². The summed E-state index contributed by atoms with van der Waals surface area (Å²) in [7, 11) is 0. The number of halogens is 2. The first kappa shape index (κ1) is 14.0. The quantitative estimate of drug-likeness (QED) is 0.456. The van der Waals surface area contributed by atoms with Crippen LogP contribution in [0, 0.1) is 18.8 Å². The van der Waals surface area contributed by atoms with Gasteiger partial charge in [-0.1, -0.05) is 59.3 Å². The Morgan fingerprint density at radius 2 is 1.71 bits per heavy atom. The van der Waals surface area contributed by atoms with Crippen LogP contribution in [0.25, 0.3) is 10.8 Å². The van der Waals surface area contributed by atoms with Gasteiger partial charge in [-0.25, -0.2) is 0 Å². The van der Waals surface area contributed by atoms with Crippen molar-refractivity contribution in [3.8, 4) is 11.8 Å². The van der Waals surface area contributed by atoms with E-state index in [-0.39, 0.29) is 0 Å². The standard InChI is InChI=1S/C19H12Cl2/c1-13-3-2-4-15-7-5-14(11-18(13)15)6-8-16-12-17(20)9-10-19(16)21/h2-5,7,9-12H,1H3. The van der Waals surface area contributed by atoms with Gasteiger partial charge in [0.15, 0.2) is 0 Å². The van der Waals surface area contributed by atoms with Gasteiger partial charge in [0.25, 0.3) is 0 Å². The number of aryl methyl sites for hydroxylation is 1. The lowest BCUT2D eigenvalue weighted by atomic mass is 10.0. The second-order valence-electron chi connectivity index (χ2n) is 4.88. The van der Waals surface area contributed by atoms with E-state index in [1.165, 1.54) is 16.3 Å². The van der Waals surface area contributed by atoms with Crippen LogP contribution in [-0.4, -0.2) is 0 Å². The Labute approximate surface area is 134 Å². The van der Waals surface area contributed by atoms with Crippen molar-refractivity contribution in [2.45, 2.75) is 6.92 Å². The molecule has 0 bridgehead atoms. The van der Waals surface area contributed by atoms with Crippen LogP contribution in [-0.2, 0) is 0 Å². The summed E-state index contributed by atoms with van der Waals surface area (Å²) >= 11 is 12.1. The van der Waals surface area contributed by atoms with Crippen LogP contribution in [0.1, 0.15) is 16.7 Å². The highest BCUT2D eigenvalue weighted by Crippen LogP contribution is 2.21. The molecule has 0 radical (unpaired) electrons. The molecule has 0 heterocycles. The van der Waals surface area contributed by atoms with Gasteiger partial charge in [0.2, 0.25) is 0 Å². The molecule has 0 aromatic heterocycles. The van der Waals surface area contributed by atoms with Crippen molar-refractivity contribution in [3.05, 3.63) is 81.3 Å². The SMILES string of the molecule is Cc1cccc2ccc(C#Cc3cc(Cl)ccc3Cl)cc12. The van der Waals surface area contributed by atoms with E-state index in [1.807, 2.05) is 6.07 Å². The molecule has 0 nitrogen and oxygen atoms in total. The number of hydrogen-bond donors (Lipinski definition) is 0. The van der Waals surface area contributed by atoms with E-state index < -0.39 is 0 Å². The van der Waals surface area contributed by atoms with Gasteiger partial charge in [0, 0.05) is 16.1 Å². The predicted molar refractivity (Wildman–Crippen MR) is 91.1 cm³/mol. The van der Waals surface area contributed by atoms with Gasteiger partial charge in [-0.2, -0.15) is 0 Å². The van der Waals surface area contributed by atoms with E-state index in [1.54, 1.807) is 18.2 Å². The molecule has 2 heteroatoms. The minimum absolute atomic E-state index is 0.615. The van der Waals surface area contributed by atoms with Gasteiger partial charge < -0.3 is 0 Å². The Balaban J connectivity index is 2.05. The molecule has 0 spiro atoms. The summed E-state index contributed by atoms with van der Waals surface area (Å²) in [4.78, 5) is 0. The highest BCUT2D eigenvalue weighted by Gasteiger charge is 1.99. The lowest BCUT2D eigenvalue weighted by molar-refractivity contribution is 1.52. The summed E-state index contributed by atoms with van der Waals surface area (Å²) < 4.78 is 0. The van der Waals surface area contributed by atoms with E-state index in [0.717, 1.165) is 11.1 Å². The molecule has 0 aliphatic heterocycles. The second kappa shape index (κ2) is 5.82. The number of hydrogen-bond acceptors (Lipinski definition) is 0. The second-order valence-corrected chi connectivity index (χ2v) is 5.73. The van der Waals surface area contributed by atoms with Crippen molar-refractivity contribution in [3.63, 3.8) is 0 Å². The van der Waals surface area contributed by atoms with Crippen molar-refractivity contribution < 1.29 is 0 Å². The van der Waals surface area contributed by atoms with Crippen LogP contribution in [0.15, 0.2) is 54.6 Å². The Kier molecular flexibility index (Phi) is 3.88. The minimum Gasteiger partial charge on any atom is -0.0843 e. The molecule has 3 aromatic rings. The maximum Gasteiger partial charge on any atom is 0.0563 e. The average molecular weight is 311 g/mol. The van der Waals surface area contributed by atoms with Crippen LogP contribution in [0.4, 0.5) is 0 Å². The fraction of sp³-hybridized carbons (Fsp3) is 0.0526. The summed E-state index contributed by atoms with van der Waals surface area (Å²) in [6.45, 7) is 2.10. The number of fused-ring (bicyclic) bond motifs is 1. The molecule has 0 unspecified atom stereocenters. The molecular formula is C19H12Cl2. The predicted octanol–water partition coefficient (Wildman–Crippen LogP) is 5.85. The largest absolute Gasteiger partial charge is 0.0843 e. The molecule has 3 rings (SSSR count). The molecule has 0 saturated heterocycles. The zero-order valence-electron chi connectivity index (χ0n) is 11.5. The average Bonchev–Trinajstić information content (AvgIpc) is 2.49. The molecule has 0 saturated carbocycles. The third-order valence-electron chi connectivity index (χ3n) is 3.37. The summed E-state index contributed by atoms with van der Waals surface area (Å²) in [6.07, 6.45) is 0. The van der Waals surface area contributed by atoms with E-state index >= 15 is 0 Å². The zero-order valence-corrected chi connectivity index (χ0v) is 13.0. The topological polar surface area (TPSA) is 0 Å². The first-order valence-electron chi connectivity index (χ1n) is 6.60. The van der Waals surface area contributed by atoms with Crippen LogP contribution in [0.3, 0.4) is 0 Å². The van der Waals surface area contributed by atoms with Crippen molar-refractivity contribution in [1.82, 2.24) is 0 Å². The lowest BCUT2D eigenvalue weighted by Crippen LogP contribution is -1.82. The molecule has 102 valence electrons. The Morgan fingerprint density at radius 1 is 0.857 bits per heavy atom. The van der Waals surface area contributed by atoms with Gasteiger partial charge in [-0.3, -0.25) is 0 Å². The van der Waals surface area contributed by atoms with E-state index in [9.17, 15) is 0 Å². The third-order valence-corrected chi connectivity index (χ3v) is 3.93. The first-order chi connectivity index (χ1) is 10.1. The Bertz CT molecular complexity index is 883. The fourth-order valence-electron chi connectivity index (χ4n) is 2.24. The molecule has 0 fully saturated rings. The number of rotatable bonds is 0. The van der Waals surface area contributed by atoms with Gasteiger partial charge in [0.1, 0.15) is 0 Å². The normalized spacial score (nSPS) is 10.2. The van der Waals surface area contributed by atoms with Crippen molar-refractivity contribution in [1.29, 1.82) is 0 Å². The van der Waals surface area contributed by atoms with E-state index in [0.29, 0.717) is 10.0 Å². The summed E-state index contributed by atoms with van der Waals surface area (Å²) in [5.74, 6) is 6.24. The molecule has 0 atom stereocenters. The molecular weight excluding hydrogens is 299 g/mol. The van der Waals surface area contributed by atoms with Gasteiger partial charge >= 0.3 is 0 Å². The van der Waals surface area contributed by atoms with Crippen molar-refractivity contribution in [2.75, 3.05) is 0 Å². The lowest BCUT2D eigenvalue weighted by Gasteiger charge is -2.02. The van der Waals surface area contributed by atoms with Gasteiger partial charge in [-0.15, -0.1) is 0 Å². The maximum atomic E-state index is 6.12. The Morgan fingerprint density at radius 3 is 2.57 bits per heavy atom. The van der Waals surface area contributed by atoms with Crippen LogP contribution < -0.4 is 0 Å². The van der Waals surface area contributed by atoms with Crippen molar-refractivity contribution >= 4 is 34.0 Å². The highest BCUT2D eigenvalue weighted by atomic mass is 35.5.